The van der Waals surface area contributed by atoms with Gasteiger partial charge in [0.2, 0.25) is 0 Å². The predicted octanol–water partition coefficient (Wildman–Crippen LogP) is 4.97. The lowest BCUT2D eigenvalue weighted by atomic mass is 10.2. The lowest BCUT2D eigenvalue weighted by Gasteiger charge is -2.12. The highest BCUT2D eigenvalue weighted by Gasteiger charge is 2.09. The first-order chi connectivity index (χ1) is 12.5. The van der Waals surface area contributed by atoms with Crippen LogP contribution in [0.5, 0.6) is 0 Å². The minimum absolute atomic E-state index is 0.290. The Morgan fingerprint density at radius 3 is 2.27 bits per heavy atom. The van der Waals surface area contributed by atoms with E-state index in [9.17, 15) is 4.79 Å². The lowest BCUT2D eigenvalue weighted by Crippen LogP contribution is -2.19. The van der Waals surface area contributed by atoms with Crippen LogP contribution < -0.4 is 16.0 Å². The van der Waals surface area contributed by atoms with Crippen LogP contribution in [-0.4, -0.2) is 20.6 Å². The molecule has 0 radical (unpaired) electrons. The average Bonchev–Trinajstić information content (AvgIpc) is 3.15. The highest BCUT2D eigenvalue weighted by Crippen LogP contribution is 2.23. The van der Waals surface area contributed by atoms with Gasteiger partial charge in [0.05, 0.1) is 0 Å². The summed E-state index contributed by atoms with van der Waals surface area (Å²) in [4.78, 5) is 11.9. The second-order valence-corrected chi connectivity index (χ2v) is 8.06. The van der Waals surface area contributed by atoms with Gasteiger partial charge in [-0.25, -0.2) is 0 Å². The van der Waals surface area contributed by atoms with Gasteiger partial charge in [-0.15, -0.1) is 5.10 Å². The van der Waals surface area contributed by atoms with Crippen LogP contribution in [0.3, 0.4) is 0 Å². The van der Waals surface area contributed by atoms with Crippen LogP contribution in [-0.2, 0) is 0 Å². The van der Waals surface area contributed by atoms with E-state index in [1.165, 1.54) is 0 Å². The van der Waals surface area contributed by atoms with Crippen LogP contribution >= 0.6 is 62.3 Å². The Bertz CT molecular complexity index is 934. The summed E-state index contributed by atoms with van der Waals surface area (Å²) >= 11 is 12.2. The maximum atomic E-state index is 11.9. The molecular weight excluding hydrogens is 549 g/mol. The fraction of sp³-hybridized carbons (Fsp3) is 0. The molecule has 3 N–H and O–H groups in total. The third-order valence-corrected chi connectivity index (χ3v) is 6.20. The molecule has 0 saturated carbocycles. The minimum atomic E-state index is -0.290. The molecule has 1 aromatic heterocycles. The number of nitrogens with one attached hydrogen (secondary N) is 3. The molecule has 26 heavy (non-hydrogen) atoms. The first kappa shape index (κ1) is 19.1. The number of aromatic nitrogens is 2. The van der Waals surface area contributed by atoms with E-state index in [2.05, 4.69) is 64.1 Å². The maximum absolute atomic E-state index is 11.9. The van der Waals surface area contributed by atoms with Gasteiger partial charge in [0, 0.05) is 30.5 Å². The van der Waals surface area contributed by atoms with Crippen LogP contribution in [0.15, 0.2) is 52.3 Å². The van der Waals surface area contributed by atoms with Crippen molar-refractivity contribution in [2.24, 2.45) is 0 Å². The summed E-state index contributed by atoms with van der Waals surface area (Å²) in [6, 6.07) is 13.1. The molecule has 0 atom stereocenters. The van der Waals surface area contributed by atoms with Crippen molar-refractivity contribution in [3.8, 4) is 0 Å². The molecule has 0 aliphatic heterocycles. The van der Waals surface area contributed by atoms with E-state index < -0.39 is 0 Å². The number of anilines is 3. The first-order valence-corrected chi connectivity index (χ1v) is 10.3. The van der Waals surface area contributed by atoms with E-state index in [4.69, 9.17) is 12.2 Å². The quantitative estimate of drug-likeness (QED) is 0.309. The van der Waals surface area contributed by atoms with Gasteiger partial charge in [-0.3, -0.25) is 4.79 Å². The van der Waals surface area contributed by atoms with Gasteiger partial charge >= 0.3 is 0 Å². The normalized spacial score (nSPS) is 10.2. The zero-order valence-electron chi connectivity index (χ0n) is 13.0. The van der Waals surface area contributed by atoms with Crippen molar-refractivity contribution in [2.75, 3.05) is 16.0 Å². The molecule has 2 aromatic carbocycles. The molecule has 3 rings (SSSR count). The Balaban J connectivity index is 1.57. The molecule has 0 aliphatic carbocycles. The summed E-state index contributed by atoms with van der Waals surface area (Å²) in [6.45, 7) is 0. The van der Waals surface area contributed by atoms with Crippen molar-refractivity contribution in [3.63, 3.8) is 0 Å². The number of hydrogen-bond donors (Lipinski definition) is 3. The minimum Gasteiger partial charge on any atom is -0.332 e. The molecule has 0 unspecified atom stereocenters. The fourth-order valence-electron chi connectivity index (χ4n) is 1.96. The third-order valence-electron chi connectivity index (χ3n) is 3.17. The van der Waals surface area contributed by atoms with Crippen molar-refractivity contribution in [1.29, 1.82) is 0 Å². The number of thiocarbonyl (C=S) groups is 1. The molecule has 1 amide bonds. The SMILES string of the molecule is O=C(Nc1ccc(NC(=S)Nc2ccc(Br)c(I)c2)cc1)c1csnn1. The zero-order chi connectivity index (χ0) is 18.5. The number of amides is 1. The standard InChI is InChI=1S/C16H11BrIN5OS2/c17-12-6-5-11(7-13(12)18)21-16(25)20-10-3-1-9(2-4-10)19-15(24)14-8-26-23-22-14/h1-8H,(H,19,24)(H2,20,21,25). The van der Waals surface area contributed by atoms with E-state index in [-0.39, 0.29) is 5.91 Å². The van der Waals surface area contributed by atoms with Crippen LogP contribution in [0.2, 0.25) is 0 Å². The first-order valence-electron chi connectivity index (χ1n) is 7.23. The number of hydrogen-bond acceptors (Lipinski definition) is 5. The van der Waals surface area contributed by atoms with E-state index in [1.807, 2.05) is 30.3 Å². The molecule has 0 fully saturated rings. The van der Waals surface area contributed by atoms with Crippen molar-refractivity contribution in [2.45, 2.75) is 0 Å². The molecule has 3 aromatic rings. The van der Waals surface area contributed by atoms with E-state index >= 15 is 0 Å². The summed E-state index contributed by atoms with van der Waals surface area (Å²) in [5.74, 6) is -0.290. The predicted molar refractivity (Wildman–Crippen MR) is 121 cm³/mol. The molecule has 0 aliphatic rings. The molecule has 0 bridgehead atoms. The second kappa shape index (κ2) is 8.84. The topological polar surface area (TPSA) is 78.9 Å². The highest BCUT2D eigenvalue weighted by molar-refractivity contribution is 14.1. The zero-order valence-corrected chi connectivity index (χ0v) is 18.4. The molecule has 132 valence electrons. The Hall–Kier alpha value is -1.63. The molecule has 1 heterocycles. The van der Waals surface area contributed by atoms with E-state index in [1.54, 1.807) is 17.5 Å². The van der Waals surface area contributed by atoms with E-state index in [0.717, 1.165) is 31.0 Å². The van der Waals surface area contributed by atoms with Gasteiger partial charge in [0.15, 0.2) is 10.8 Å². The third kappa shape index (κ3) is 5.19. The van der Waals surface area contributed by atoms with Gasteiger partial charge in [-0.05, 0) is 105 Å². The van der Waals surface area contributed by atoms with Crippen LogP contribution in [0.1, 0.15) is 10.5 Å². The Kier molecular flexibility index (Phi) is 6.51. The molecule has 0 saturated heterocycles. The Morgan fingerprint density at radius 2 is 1.65 bits per heavy atom. The van der Waals surface area contributed by atoms with Gasteiger partial charge in [-0.2, -0.15) is 0 Å². The van der Waals surface area contributed by atoms with Gasteiger partial charge in [0.25, 0.3) is 5.91 Å². The summed E-state index contributed by atoms with van der Waals surface area (Å²) in [6.07, 6.45) is 0. The fourth-order valence-corrected chi connectivity index (χ4v) is 3.40. The summed E-state index contributed by atoms with van der Waals surface area (Å²) in [7, 11) is 0. The maximum Gasteiger partial charge on any atom is 0.277 e. The number of rotatable bonds is 4. The molecular formula is C16H11BrIN5OS2. The number of halogens is 2. The van der Waals surface area contributed by atoms with Crippen LogP contribution in [0.25, 0.3) is 0 Å². The Labute approximate surface area is 181 Å². The molecule has 6 nitrogen and oxygen atoms in total. The van der Waals surface area contributed by atoms with Crippen LogP contribution in [0.4, 0.5) is 17.1 Å². The number of carbonyl (C=O) groups is 1. The van der Waals surface area contributed by atoms with Crippen LogP contribution in [0, 0.1) is 3.57 Å². The summed E-state index contributed by atoms with van der Waals surface area (Å²) < 4.78 is 5.80. The van der Waals surface area contributed by atoms with Crippen molar-refractivity contribution >= 4 is 90.4 Å². The number of benzene rings is 2. The van der Waals surface area contributed by atoms with Crippen molar-refractivity contribution in [3.05, 3.63) is 61.6 Å². The molecule has 0 spiro atoms. The largest absolute Gasteiger partial charge is 0.332 e. The Morgan fingerprint density at radius 1 is 1.04 bits per heavy atom. The van der Waals surface area contributed by atoms with E-state index in [0.29, 0.717) is 16.5 Å². The summed E-state index contributed by atoms with van der Waals surface area (Å²) in [5, 5.41) is 14.8. The van der Waals surface area contributed by atoms with Gasteiger partial charge in [-0.1, -0.05) is 4.49 Å². The number of carbonyl (C=O) groups excluding carboxylic acids is 1. The smallest absolute Gasteiger partial charge is 0.277 e. The number of nitrogens with zero attached hydrogens (tertiary/aromatic N) is 2. The summed E-state index contributed by atoms with van der Waals surface area (Å²) in [5.41, 5.74) is 2.67. The monoisotopic (exact) mass is 559 g/mol. The highest BCUT2D eigenvalue weighted by atomic mass is 127. The van der Waals surface area contributed by atoms with Gasteiger partial charge in [0.1, 0.15) is 0 Å². The average molecular weight is 560 g/mol. The van der Waals surface area contributed by atoms with Gasteiger partial charge < -0.3 is 16.0 Å². The second-order valence-electron chi connectivity index (χ2n) is 5.03. The molecule has 10 heteroatoms. The van der Waals surface area contributed by atoms with Crippen molar-refractivity contribution < 1.29 is 4.79 Å². The lowest BCUT2D eigenvalue weighted by molar-refractivity contribution is 0.102. The van der Waals surface area contributed by atoms with Crippen molar-refractivity contribution in [1.82, 2.24) is 9.59 Å².